The molecule has 0 radical (unpaired) electrons. The lowest BCUT2D eigenvalue weighted by Crippen LogP contribution is -2.11. The Bertz CT molecular complexity index is 392. The Morgan fingerprint density at radius 1 is 1.44 bits per heavy atom. The van der Waals surface area contributed by atoms with Gasteiger partial charge in [-0.05, 0) is 40.9 Å². The first-order valence-corrected chi connectivity index (χ1v) is 6.67. The van der Waals surface area contributed by atoms with Crippen molar-refractivity contribution < 1.29 is 0 Å². The number of alkyl halides is 1. The zero-order valence-electron chi connectivity index (χ0n) is 10.7. The zero-order valence-corrected chi connectivity index (χ0v) is 11.4. The van der Waals surface area contributed by atoms with Crippen molar-refractivity contribution in [3.8, 4) is 0 Å². The van der Waals surface area contributed by atoms with Crippen LogP contribution in [-0.2, 0) is 5.41 Å². The number of fused-ring (bicyclic) bond motifs is 1. The van der Waals surface area contributed by atoms with Crippen molar-refractivity contribution in [2.45, 2.75) is 57.2 Å². The molecule has 2 unspecified atom stereocenters. The van der Waals surface area contributed by atoms with Crippen LogP contribution < -0.4 is 0 Å². The van der Waals surface area contributed by atoms with Crippen molar-refractivity contribution in [1.29, 1.82) is 0 Å². The summed E-state index contributed by atoms with van der Waals surface area (Å²) < 4.78 is 0. The van der Waals surface area contributed by atoms with Gasteiger partial charge in [-0.2, -0.15) is 0 Å². The Kier molecular flexibility index (Phi) is 3.05. The molecule has 2 rings (SSSR count). The lowest BCUT2D eigenvalue weighted by Gasteiger charge is -2.19. The second kappa shape index (κ2) is 4.07. The Balaban J connectivity index is 2.44. The average Bonchev–Trinajstić information content (AvgIpc) is 2.48. The Morgan fingerprint density at radius 2 is 2.12 bits per heavy atom. The Morgan fingerprint density at radius 3 is 2.75 bits per heavy atom. The number of hydrogen-bond donors (Lipinski definition) is 0. The normalized spacial score (nSPS) is 24.2. The number of halogens is 1. The van der Waals surface area contributed by atoms with E-state index in [0.29, 0.717) is 5.92 Å². The minimum absolute atomic E-state index is 0.203. The quantitative estimate of drug-likeness (QED) is 0.622. The lowest BCUT2D eigenvalue weighted by molar-refractivity contribution is 0.516. The fraction of sp³-hybridized carbons (Fsp3) is 0.600. The number of benzene rings is 1. The summed E-state index contributed by atoms with van der Waals surface area (Å²) in [7, 11) is 0. The molecule has 0 nitrogen and oxygen atoms in total. The molecule has 0 saturated heterocycles. The van der Waals surface area contributed by atoms with E-state index in [1.54, 1.807) is 0 Å². The second-order valence-corrected chi connectivity index (χ2v) is 6.24. The van der Waals surface area contributed by atoms with Crippen LogP contribution in [0.2, 0.25) is 0 Å². The van der Waals surface area contributed by atoms with Crippen molar-refractivity contribution in [1.82, 2.24) is 0 Å². The first kappa shape index (κ1) is 12.0. The third-order valence-corrected chi connectivity index (χ3v) is 4.40. The van der Waals surface area contributed by atoms with E-state index >= 15 is 0 Å². The maximum absolute atomic E-state index is 6.45. The highest BCUT2D eigenvalue weighted by atomic mass is 35.5. The van der Waals surface area contributed by atoms with Crippen molar-refractivity contribution in [2.24, 2.45) is 0 Å². The van der Waals surface area contributed by atoms with Crippen molar-refractivity contribution in [3.63, 3.8) is 0 Å². The maximum atomic E-state index is 6.45. The van der Waals surface area contributed by atoms with Gasteiger partial charge in [0.1, 0.15) is 0 Å². The van der Waals surface area contributed by atoms with Gasteiger partial charge in [-0.1, -0.05) is 45.9 Å². The molecule has 0 fully saturated rings. The molecule has 0 spiro atoms. The van der Waals surface area contributed by atoms with E-state index in [-0.39, 0.29) is 10.8 Å². The van der Waals surface area contributed by atoms with Gasteiger partial charge in [0.25, 0.3) is 0 Å². The molecule has 1 aromatic carbocycles. The summed E-state index contributed by atoms with van der Waals surface area (Å²) in [5.74, 6) is 0.637. The van der Waals surface area contributed by atoms with E-state index in [9.17, 15) is 0 Å². The van der Waals surface area contributed by atoms with Crippen LogP contribution in [0, 0.1) is 0 Å². The molecule has 0 aromatic heterocycles. The molecule has 0 amide bonds. The van der Waals surface area contributed by atoms with Crippen LogP contribution in [0.3, 0.4) is 0 Å². The molecular weight excluding hydrogens is 216 g/mol. The highest BCUT2D eigenvalue weighted by Gasteiger charge is 2.35. The van der Waals surface area contributed by atoms with Gasteiger partial charge in [0.05, 0.1) is 5.38 Å². The first-order chi connectivity index (χ1) is 7.45. The Hall–Kier alpha value is -0.490. The maximum Gasteiger partial charge on any atom is 0.0596 e. The molecule has 0 bridgehead atoms. The van der Waals surface area contributed by atoms with Gasteiger partial charge in [-0.15, -0.1) is 11.6 Å². The standard InChI is InChI=1S/C15H21Cl/c1-5-10(2)11-6-7-13-12(8-11)14(16)9-15(13,3)4/h6-8,10,14H,5,9H2,1-4H3. The predicted molar refractivity (Wildman–Crippen MR) is 71.4 cm³/mol. The van der Waals surface area contributed by atoms with Crippen LogP contribution in [0.5, 0.6) is 0 Å². The van der Waals surface area contributed by atoms with Gasteiger partial charge in [-0.25, -0.2) is 0 Å². The predicted octanol–water partition coefficient (Wildman–Crippen LogP) is 5.16. The van der Waals surface area contributed by atoms with E-state index in [1.807, 2.05) is 0 Å². The number of hydrogen-bond acceptors (Lipinski definition) is 0. The molecule has 88 valence electrons. The Labute approximate surface area is 104 Å². The molecule has 0 heterocycles. The molecular formula is C15H21Cl. The molecule has 1 aromatic rings. The van der Waals surface area contributed by atoms with Crippen LogP contribution >= 0.6 is 11.6 Å². The molecule has 0 N–H and O–H groups in total. The highest BCUT2D eigenvalue weighted by molar-refractivity contribution is 6.21. The minimum Gasteiger partial charge on any atom is -0.118 e. The molecule has 1 aliphatic carbocycles. The van der Waals surface area contributed by atoms with Gasteiger partial charge in [0.15, 0.2) is 0 Å². The summed E-state index contributed by atoms with van der Waals surface area (Å²) in [6, 6.07) is 6.90. The van der Waals surface area contributed by atoms with Crippen molar-refractivity contribution >= 4 is 11.6 Å². The van der Waals surface area contributed by atoms with Crippen LogP contribution in [0.4, 0.5) is 0 Å². The molecule has 1 heteroatoms. The van der Waals surface area contributed by atoms with E-state index in [0.717, 1.165) is 6.42 Å². The van der Waals surface area contributed by atoms with Gasteiger partial charge in [0, 0.05) is 0 Å². The topological polar surface area (TPSA) is 0 Å². The first-order valence-electron chi connectivity index (χ1n) is 6.24. The third-order valence-electron chi connectivity index (χ3n) is 4.01. The van der Waals surface area contributed by atoms with E-state index < -0.39 is 0 Å². The van der Waals surface area contributed by atoms with Crippen molar-refractivity contribution in [2.75, 3.05) is 0 Å². The smallest absolute Gasteiger partial charge is 0.0596 e. The third kappa shape index (κ3) is 1.88. The molecule has 2 atom stereocenters. The van der Waals surface area contributed by atoms with E-state index in [4.69, 9.17) is 11.6 Å². The van der Waals surface area contributed by atoms with Crippen LogP contribution in [-0.4, -0.2) is 0 Å². The molecule has 1 aliphatic rings. The summed E-state index contributed by atoms with van der Waals surface area (Å²) in [5, 5.41) is 0.203. The fourth-order valence-electron chi connectivity index (χ4n) is 2.67. The molecule has 0 aliphatic heterocycles. The van der Waals surface area contributed by atoms with Gasteiger partial charge < -0.3 is 0 Å². The van der Waals surface area contributed by atoms with Gasteiger partial charge in [0.2, 0.25) is 0 Å². The summed E-state index contributed by atoms with van der Waals surface area (Å²) in [6.45, 7) is 9.10. The summed E-state index contributed by atoms with van der Waals surface area (Å²) in [5.41, 5.74) is 4.49. The average molecular weight is 237 g/mol. The van der Waals surface area contributed by atoms with Crippen molar-refractivity contribution in [3.05, 3.63) is 34.9 Å². The molecule has 16 heavy (non-hydrogen) atoms. The van der Waals surface area contributed by atoms with Gasteiger partial charge in [-0.3, -0.25) is 0 Å². The fourth-order valence-corrected chi connectivity index (χ4v) is 3.23. The lowest BCUT2D eigenvalue weighted by atomic mass is 9.85. The number of rotatable bonds is 2. The minimum atomic E-state index is 0.203. The van der Waals surface area contributed by atoms with E-state index in [2.05, 4.69) is 45.9 Å². The van der Waals surface area contributed by atoms with Crippen LogP contribution in [0.1, 0.15) is 68.5 Å². The highest BCUT2D eigenvalue weighted by Crippen LogP contribution is 2.48. The van der Waals surface area contributed by atoms with E-state index in [1.165, 1.54) is 23.1 Å². The summed E-state index contributed by atoms with van der Waals surface area (Å²) in [6.07, 6.45) is 2.25. The monoisotopic (exact) mass is 236 g/mol. The molecule has 0 saturated carbocycles. The van der Waals surface area contributed by atoms with Gasteiger partial charge >= 0.3 is 0 Å². The van der Waals surface area contributed by atoms with Crippen LogP contribution in [0.25, 0.3) is 0 Å². The summed E-state index contributed by atoms with van der Waals surface area (Å²) in [4.78, 5) is 0. The SMILES string of the molecule is CCC(C)c1ccc2c(c1)C(Cl)CC2(C)C. The van der Waals surface area contributed by atoms with Crippen LogP contribution in [0.15, 0.2) is 18.2 Å². The summed E-state index contributed by atoms with van der Waals surface area (Å²) >= 11 is 6.45. The largest absolute Gasteiger partial charge is 0.118 e. The zero-order chi connectivity index (χ0) is 11.9. The second-order valence-electron chi connectivity index (χ2n) is 5.71.